The molecule has 9 heteroatoms. The molecule has 1 fully saturated rings. The minimum atomic E-state index is -0.720. The van der Waals surface area contributed by atoms with E-state index in [0.29, 0.717) is 10.1 Å². The number of hydrogen-bond acceptors (Lipinski definition) is 7. The second kappa shape index (κ2) is 7.31. The number of anilines is 1. The van der Waals surface area contributed by atoms with Crippen molar-refractivity contribution >= 4 is 28.4 Å². The van der Waals surface area contributed by atoms with E-state index in [1.165, 1.54) is 4.57 Å². The molecule has 3 atom stereocenters. The number of aliphatic hydroxyl groups excluding tert-OH is 1. The van der Waals surface area contributed by atoms with E-state index in [0.717, 1.165) is 0 Å². The highest BCUT2D eigenvalue weighted by molar-refractivity contribution is 14.1. The molecule has 4 N–H and O–H groups in total. The summed E-state index contributed by atoms with van der Waals surface area (Å²) in [5, 5.41) is 9.98. The molecule has 0 radical (unpaired) electrons. The van der Waals surface area contributed by atoms with Crippen molar-refractivity contribution in [1.29, 1.82) is 0 Å². The lowest BCUT2D eigenvalue weighted by molar-refractivity contribution is -0.0839. The molecule has 0 amide bonds. The monoisotopic (exact) mass is 408 g/mol. The normalized spacial score (nSPS) is 25.1. The van der Waals surface area contributed by atoms with Gasteiger partial charge in [-0.1, -0.05) is 6.08 Å². The van der Waals surface area contributed by atoms with Crippen molar-refractivity contribution in [3.05, 3.63) is 32.9 Å². The van der Waals surface area contributed by atoms with Gasteiger partial charge in [-0.05, 0) is 22.6 Å². The van der Waals surface area contributed by atoms with Crippen LogP contribution in [0.2, 0.25) is 0 Å². The molecule has 0 bridgehead atoms. The number of aromatic nitrogens is 2. The van der Waals surface area contributed by atoms with Crippen molar-refractivity contribution in [2.24, 2.45) is 0 Å². The van der Waals surface area contributed by atoms with E-state index < -0.39 is 24.1 Å². The van der Waals surface area contributed by atoms with Gasteiger partial charge in [0, 0.05) is 19.2 Å². The van der Waals surface area contributed by atoms with Crippen LogP contribution in [0.25, 0.3) is 0 Å². The standard InChI is InChI=1S/C12H17IN4O4/c1-2-3-15-20-6-9-8(18)4-10(21-9)17-5-7(13)11(14)16-12(17)19/h2,5,8-10,15,18H,1,3-4,6H2,(H2,14,16,19)/t8-,9+,10+/m0/s1. The van der Waals surface area contributed by atoms with Crippen molar-refractivity contribution in [1.82, 2.24) is 15.0 Å². The van der Waals surface area contributed by atoms with Crippen LogP contribution in [0.1, 0.15) is 12.6 Å². The number of nitrogen functional groups attached to an aromatic ring is 1. The summed E-state index contributed by atoms with van der Waals surface area (Å²) in [5.74, 6) is 0.184. The molecule has 0 unspecified atom stereocenters. The lowest BCUT2D eigenvalue weighted by Gasteiger charge is -2.16. The molecule has 21 heavy (non-hydrogen) atoms. The highest BCUT2D eigenvalue weighted by atomic mass is 127. The predicted octanol–water partition coefficient (Wildman–Crippen LogP) is -0.214. The highest BCUT2D eigenvalue weighted by Crippen LogP contribution is 2.28. The van der Waals surface area contributed by atoms with Crippen LogP contribution in [-0.2, 0) is 9.57 Å². The number of hydroxylamine groups is 1. The fourth-order valence-electron chi connectivity index (χ4n) is 1.96. The first-order chi connectivity index (χ1) is 10.0. The number of nitrogens with one attached hydrogen (secondary N) is 1. The number of nitrogens with two attached hydrogens (primary N) is 1. The number of nitrogens with zero attached hydrogens (tertiary/aromatic N) is 2. The van der Waals surface area contributed by atoms with Crippen LogP contribution in [0, 0.1) is 3.57 Å². The molecule has 1 saturated heterocycles. The molecule has 0 aliphatic carbocycles. The van der Waals surface area contributed by atoms with Gasteiger partial charge in [0.2, 0.25) is 0 Å². The summed E-state index contributed by atoms with van der Waals surface area (Å²) in [4.78, 5) is 20.7. The van der Waals surface area contributed by atoms with Crippen molar-refractivity contribution < 1.29 is 14.7 Å². The third kappa shape index (κ3) is 4.01. The minimum absolute atomic E-state index is 0.166. The van der Waals surface area contributed by atoms with Crippen LogP contribution in [0.3, 0.4) is 0 Å². The van der Waals surface area contributed by atoms with E-state index >= 15 is 0 Å². The van der Waals surface area contributed by atoms with Gasteiger partial charge < -0.3 is 15.6 Å². The molecule has 1 aromatic heterocycles. The highest BCUT2D eigenvalue weighted by Gasteiger charge is 2.35. The summed E-state index contributed by atoms with van der Waals surface area (Å²) in [5.41, 5.74) is 7.73. The van der Waals surface area contributed by atoms with Gasteiger partial charge in [0.15, 0.2) is 0 Å². The first kappa shape index (κ1) is 16.4. The number of halogens is 1. The Labute approximate surface area is 135 Å². The van der Waals surface area contributed by atoms with E-state index in [1.807, 2.05) is 22.6 Å². The molecule has 1 aliphatic rings. The molecular formula is C12H17IN4O4. The van der Waals surface area contributed by atoms with Crippen LogP contribution >= 0.6 is 22.6 Å². The first-order valence-corrected chi connectivity index (χ1v) is 7.44. The third-order valence-electron chi connectivity index (χ3n) is 3.03. The zero-order valence-electron chi connectivity index (χ0n) is 11.2. The Balaban J connectivity index is 2.02. The zero-order chi connectivity index (χ0) is 15.4. The second-order valence-electron chi connectivity index (χ2n) is 4.54. The van der Waals surface area contributed by atoms with Gasteiger partial charge >= 0.3 is 5.69 Å². The van der Waals surface area contributed by atoms with E-state index in [1.54, 1.807) is 12.3 Å². The van der Waals surface area contributed by atoms with Crippen molar-refractivity contribution in [3.63, 3.8) is 0 Å². The number of rotatable bonds is 6. The maximum Gasteiger partial charge on any atom is 0.351 e. The second-order valence-corrected chi connectivity index (χ2v) is 5.71. The Bertz CT molecular complexity index is 565. The van der Waals surface area contributed by atoms with Crippen molar-refractivity contribution in [3.8, 4) is 0 Å². The Morgan fingerprint density at radius 2 is 2.52 bits per heavy atom. The molecule has 0 aromatic carbocycles. The van der Waals surface area contributed by atoms with Crippen LogP contribution in [0.5, 0.6) is 0 Å². The number of aliphatic hydroxyl groups is 1. The maximum absolute atomic E-state index is 11.8. The summed E-state index contributed by atoms with van der Waals surface area (Å²) in [6.45, 7) is 4.20. The summed E-state index contributed by atoms with van der Waals surface area (Å²) in [6, 6.07) is 0. The molecule has 0 spiro atoms. The van der Waals surface area contributed by atoms with E-state index in [9.17, 15) is 9.90 Å². The predicted molar refractivity (Wildman–Crippen MR) is 84.3 cm³/mol. The van der Waals surface area contributed by atoms with Gasteiger partial charge in [-0.25, -0.2) is 4.79 Å². The molecule has 116 valence electrons. The zero-order valence-corrected chi connectivity index (χ0v) is 13.4. The SMILES string of the molecule is C=CCNOC[C@H]1O[C@@H](n2cc(I)c(N)nc2=O)C[C@@H]1O. The topological polar surface area (TPSA) is 112 Å². The average Bonchev–Trinajstić information content (AvgIpc) is 2.80. The molecule has 0 saturated carbocycles. The minimum Gasteiger partial charge on any atom is -0.390 e. The summed E-state index contributed by atoms with van der Waals surface area (Å²) >= 11 is 1.99. The molecular weight excluding hydrogens is 391 g/mol. The van der Waals surface area contributed by atoms with E-state index in [-0.39, 0.29) is 18.8 Å². The fourth-order valence-corrected chi connectivity index (χ4v) is 2.38. The lowest BCUT2D eigenvalue weighted by Crippen LogP contribution is -2.31. The van der Waals surface area contributed by atoms with Crippen LogP contribution in [0.15, 0.2) is 23.6 Å². The Morgan fingerprint density at radius 3 is 3.24 bits per heavy atom. The summed E-state index contributed by atoms with van der Waals surface area (Å²) < 4.78 is 7.64. The van der Waals surface area contributed by atoms with Gasteiger partial charge in [-0.15, -0.1) is 6.58 Å². The first-order valence-electron chi connectivity index (χ1n) is 6.36. The van der Waals surface area contributed by atoms with Gasteiger partial charge in [-0.2, -0.15) is 10.5 Å². The fraction of sp³-hybridized carbons (Fsp3) is 0.500. The van der Waals surface area contributed by atoms with Crippen LogP contribution in [-0.4, -0.2) is 40.0 Å². The number of ether oxygens (including phenoxy) is 1. The summed E-state index contributed by atoms with van der Waals surface area (Å²) in [7, 11) is 0. The van der Waals surface area contributed by atoms with Gasteiger partial charge in [0.1, 0.15) is 18.1 Å². The molecule has 1 aromatic rings. The molecule has 8 nitrogen and oxygen atoms in total. The van der Waals surface area contributed by atoms with E-state index in [2.05, 4.69) is 17.0 Å². The third-order valence-corrected chi connectivity index (χ3v) is 3.86. The van der Waals surface area contributed by atoms with Gasteiger partial charge in [-0.3, -0.25) is 9.40 Å². The largest absolute Gasteiger partial charge is 0.390 e. The van der Waals surface area contributed by atoms with Crippen LogP contribution in [0.4, 0.5) is 5.82 Å². The Morgan fingerprint density at radius 1 is 1.76 bits per heavy atom. The molecule has 2 heterocycles. The van der Waals surface area contributed by atoms with Gasteiger partial charge in [0.05, 0.1) is 16.3 Å². The van der Waals surface area contributed by atoms with Crippen molar-refractivity contribution in [2.45, 2.75) is 24.9 Å². The number of hydrogen-bond donors (Lipinski definition) is 3. The molecule has 2 rings (SSSR count). The van der Waals surface area contributed by atoms with Gasteiger partial charge in [0.25, 0.3) is 0 Å². The summed E-state index contributed by atoms with van der Waals surface area (Å²) in [6.07, 6.45) is 1.69. The van der Waals surface area contributed by atoms with Crippen molar-refractivity contribution in [2.75, 3.05) is 18.9 Å². The molecule has 1 aliphatic heterocycles. The maximum atomic E-state index is 11.8. The Kier molecular flexibility index (Phi) is 5.70. The van der Waals surface area contributed by atoms with Crippen LogP contribution < -0.4 is 16.9 Å². The average molecular weight is 408 g/mol. The Hall–Kier alpha value is -1.01. The lowest BCUT2D eigenvalue weighted by atomic mass is 10.2. The quantitative estimate of drug-likeness (QED) is 0.258. The smallest absolute Gasteiger partial charge is 0.351 e. The van der Waals surface area contributed by atoms with E-state index in [4.69, 9.17) is 15.3 Å².